The predicted octanol–water partition coefficient (Wildman–Crippen LogP) is 2.40. The highest BCUT2D eigenvalue weighted by molar-refractivity contribution is 5.97. The van der Waals surface area contributed by atoms with Crippen LogP contribution in [0.1, 0.15) is 54.4 Å². The number of allylic oxidation sites excluding steroid dienone is 2. The number of benzene rings is 1. The number of phenols is 1. The lowest BCUT2D eigenvalue weighted by Gasteiger charge is -2.19. The Morgan fingerprint density at radius 2 is 1.89 bits per heavy atom. The van der Waals surface area contributed by atoms with Crippen LogP contribution in [0.3, 0.4) is 0 Å². The number of hydrogen-bond donors (Lipinski definition) is 1. The van der Waals surface area contributed by atoms with E-state index in [1.165, 1.54) is 13.2 Å². The first-order valence-corrected chi connectivity index (χ1v) is 9.08. The van der Waals surface area contributed by atoms with Crippen molar-refractivity contribution < 1.29 is 35.1 Å². The average Bonchev–Trinajstić information content (AvgIpc) is 3.05. The summed E-state index contributed by atoms with van der Waals surface area (Å²) < 4.78 is 10.9. The van der Waals surface area contributed by atoms with Crippen molar-refractivity contribution in [3.8, 4) is 11.5 Å². The van der Waals surface area contributed by atoms with Crippen LogP contribution in [0.5, 0.6) is 11.5 Å². The van der Waals surface area contributed by atoms with E-state index in [4.69, 9.17) is 9.47 Å². The summed E-state index contributed by atoms with van der Waals surface area (Å²) in [5.41, 5.74) is 0.713. The van der Waals surface area contributed by atoms with E-state index in [2.05, 4.69) is 0 Å². The molecular weight excluding hydrogens is 364 g/mol. The van der Waals surface area contributed by atoms with Gasteiger partial charge in [-0.3, -0.25) is 4.79 Å². The van der Waals surface area contributed by atoms with Gasteiger partial charge in [0, 0.05) is 18.4 Å². The second-order valence-electron chi connectivity index (χ2n) is 6.77. The number of ether oxygens (including phenoxy) is 2. The molecule has 0 aromatic heterocycles. The number of carbonyl (C=O) groups excluding carboxylic acids is 2. The molecule has 5 N–H and O–H groups in total. The van der Waals surface area contributed by atoms with Gasteiger partial charge < -0.3 is 25.5 Å². The number of phenolic OH excluding ortho intramolecular Hbond substituents is 1. The van der Waals surface area contributed by atoms with Crippen molar-refractivity contribution in [2.24, 2.45) is 5.92 Å². The van der Waals surface area contributed by atoms with Gasteiger partial charge in [-0.25, -0.2) is 4.79 Å². The molecule has 3 rings (SSSR count). The molecule has 1 saturated carbocycles. The van der Waals surface area contributed by atoms with Gasteiger partial charge in [-0.15, -0.1) is 0 Å². The van der Waals surface area contributed by atoms with Crippen LogP contribution in [0.15, 0.2) is 30.4 Å². The van der Waals surface area contributed by atoms with Crippen molar-refractivity contribution >= 4 is 17.8 Å². The second kappa shape index (κ2) is 10.6. The molecule has 1 aromatic rings. The van der Waals surface area contributed by atoms with Crippen molar-refractivity contribution in [2.75, 3.05) is 7.11 Å². The molecule has 2 atom stereocenters. The van der Waals surface area contributed by atoms with Crippen LogP contribution in [-0.2, 0) is 9.53 Å². The third-order valence-corrected chi connectivity index (χ3v) is 4.94. The smallest absolute Gasteiger partial charge is 0.342 e. The minimum Gasteiger partial charge on any atom is -0.507 e. The number of hydrogen-bond acceptors (Lipinski definition) is 5. The van der Waals surface area contributed by atoms with Gasteiger partial charge in [-0.2, -0.15) is 0 Å². The average molecular weight is 392 g/mol. The van der Waals surface area contributed by atoms with Crippen LogP contribution in [0, 0.1) is 5.92 Å². The van der Waals surface area contributed by atoms with Crippen molar-refractivity contribution in [1.29, 1.82) is 0 Å². The number of ketones is 1. The minimum absolute atomic E-state index is 0. The third-order valence-electron chi connectivity index (χ3n) is 4.94. The summed E-state index contributed by atoms with van der Waals surface area (Å²) in [7, 11) is 1.51. The number of rotatable bonds is 1. The molecule has 1 aliphatic carbocycles. The monoisotopic (exact) mass is 392 g/mol. The van der Waals surface area contributed by atoms with E-state index in [1.54, 1.807) is 18.2 Å². The molecule has 2 aliphatic rings. The number of fused-ring (bicyclic) bond motifs is 2. The summed E-state index contributed by atoms with van der Waals surface area (Å²) in [4.78, 5) is 24.7. The molecule has 1 unspecified atom stereocenters. The molecule has 0 saturated heterocycles. The second-order valence-corrected chi connectivity index (χ2v) is 6.77. The molecule has 7 heteroatoms. The standard InChI is InChI=1S/C21H24O5.2H2O/c1-25-17-12-15-6-3-2-4-8-16(22)11-10-14-7-5-9-19(14)26-21(24)20(15)18(23)13-17;;/h3,6,10-14,19,23H,2,4-5,7-9H2,1H3;2*1H2/b6-3+,11-10-;;/t14-,19?;;/m0../s1. The fraction of sp³-hybridized carbons (Fsp3) is 0.429. The molecule has 1 aromatic carbocycles. The first-order valence-electron chi connectivity index (χ1n) is 9.08. The normalized spacial score (nSPS) is 24.3. The Kier molecular flexibility index (Phi) is 8.88. The Hall–Kier alpha value is -2.64. The molecule has 1 aliphatic heterocycles. The van der Waals surface area contributed by atoms with Gasteiger partial charge in [0.05, 0.1) is 7.11 Å². The quantitative estimate of drug-likeness (QED) is 0.732. The summed E-state index contributed by atoms with van der Waals surface area (Å²) >= 11 is 0. The first kappa shape index (κ1) is 23.4. The van der Waals surface area contributed by atoms with Gasteiger partial charge in [0.1, 0.15) is 23.2 Å². The van der Waals surface area contributed by atoms with Crippen molar-refractivity contribution in [3.05, 3.63) is 41.5 Å². The lowest BCUT2D eigenvalue weighted by Crippen LogP contribution is -2.22. The molecule has 7 nitrogen and oxygen atoms in total. The van der Waals surface area contributed by atoms with Gasteiger partial charge in [0.15, 0.2) is 5.78 Å². The predicted molar refractivity (Wildman–Crippen MR) is 105 cm³/mol. The molecule has 0 amide bonds. The fourth-order valence-corrected chi connectivity index (χ4v) is 3.53. The molecule has 0 spiro atoms. The van der Waals surface area contributed by atoms with E-state index in [1.807, 2.05) is 12.2 Å². The lowest BCUT2D eigenvalue weighted by molar-refractivity contribution is -0.114. The summed E-state index contributed by atoms with van der Waals surface area (Å²) in [6.07, 6.45) is 11.4. The van der Waals surface area contributed by atoms with Crippen LogP contribution in [0.4, 0.5) is 0 Å². The van der Waals surface area contributed by atoms with Crippen molar-refractivity contribution in [1.82, 2.24) is 0 Å². The maximum Gasteiger partial charge on any atom is 0.342 e. The van der Waals surface area contributed by atoms with Gasteiger partial charge in [-0.05, 0) is 49.8 Å². The highest BCUT2D eigenvalue weighted by Gasteiger charge is 2.30. The molecule has 0 radical (unpaired) electrons. The molecule has 1 fully saturated rings. The summed E-state index contributed by atoms with van der Waals surface area (Å²) in [5, 5.41) is 10.3. The minimum atomic E-state index is -0.543. The molecule has 0 bridgehead atoms. The van der Waals surface area contributed by atoms with Gasteiger partial charge in [-0.1, -0.05) is 18.2 Å². The van der Waals surface area contributed by atoms with Crippen molar-refractivity contribution in [3.63, 3.8) is 0 Å². The number of esters is 1. The molecule has 1 heterocycles. The van der Waals surface area contributed by atoms with Gasteiger partial charge in [0.25, 0.3) is 0 Å². The largest absolute Gasteiger partial charge is 0.507 e. The van der Waals surface area contributed by atoms with E-state index in [0.717, 1.165) is 25.7 Å². The number of carbonyl (C=O) groups is 2. The van der Waals surface area contributed by atoms with Gasteiger partial charge in [0.2, 0.25) is 0 Å². The topological polar surface area (TPSA) is 136 Å². The molecular formula is C21H28O7. The van der Waals surface area contributed by atoms with Gasteiger partial charge >= 0.3 is 5.97 Å². The van der Waals surface area contributed by atoms with E-state index in [9.17, 15) is 14.7 Å². The summed E-state index contributed by atoms with van der Waals surface area (Å²) in [6, 6.07) is 3.12. The third kappa shape index (κ3) is 5.43. The fourth-order valence-electron chi connectivity index (χ4n) is 3.53. The Labute approximate surface area is 164 Å². The number of aromatic hydroxyl groups is 1. The Morgan fingerprint density at radius 3 is 2.64 bits per heavy atom. The Balaban J connectivity index is 0.00000196. The summed E-state index contributed by atoms with van der Waals surface area (Å²) in [5.74, 6) is -0.0751. The number of methoxy groups -OCH3 is 1. The van der Waals surface area contributed by atoms with E-state index in [-0.39, 0.29) is 40.1 Å². The van der Waals surface area contributed by atoms with Crippen LogP contribution < -0.4 is 4.74 Å². The zero-order valence-corrected chi connectivity index (χ0v) is 15.9. The Morgan fingerprint density at radius 1 is 1.11 bits per heavy atom. The van der Waals surface area contributed by atoms with Crippen molar-refractivity contribution in [2.45, 2.75) is 44.6 Å². The highest BCUT2D eigenvalue weighted by Crippen LogP contribution is 2.34. The zero-order valence-electron chi connectivity index (χ0n) is 15.9. The van der Waals surface area contributed by atoms with E-state index in [0.29, 0.717) is 24.2 Å². The highest BCUT2D eigenvalue weighted by atomic mass is 16.5. The Bertz CT molecular complexity index is 751. The van der Waals surface area contributed by atoms with Crippen LogP contribution >= 0.6 is 0 Å². The summed E-state index contributed by atoms with van der Waals surface area (Å²) in [6.45, 7) is 0. The first-order chi connectivity index (χ1) is 12.6. The molecule has 154 valence electrons. The van der Waals surface area contributed by atoms with Crippen LogP contribution in [-0.4, -0.2) is 41.0 Å². The molecule has 28 heavy (non-hydrogen) atoms. The lowest BCUT2D eigenvalue weighted by atomic mass is 10.0. The van der Waals surface area contributed by atoms with Crippen LogP contribution in [0.25, 0.3) is 6.08 Å². The van der Waals surface area contributed by atoms with E-state index >= 15 is 0 Å². The SMILES string of the molecule is COc1cc(O)c2c(c1)/C=C/CCCC(=O)/C=C\[C@@H]1CCCC1OC2=O.O.O. The van der Waals surface area contributed by atoms with Crippen LogP contribution in [0.2, 0.25) is 0 Å². The van der Waals surface area contributed by atoms with E-state index < -0.39 is 5.97 Å². The maximum atomic E-state index is 12.8. The maximum absolute atomic E-state index is 12.8. The zero-order chi connectivity index (χ0) is 18.5.